The van der Waals surface area contributed by atoms with Gasteiger partial charge in [-0.3, -0.25) is 0 Å². The van der Waals surface area contributed by atoms with Crippen molar-refractivity contribution in [3.8, 4) is 0 Å². The summed E-state index contributed by atoms with van der Waals surface area (Å²) in [6, 6.07) is 0. The van der Waals surface area contributed by atoms with Gasteiger partial charge in [0.15, 0.2) is 0 Å². The Hall–Kier alpha value is -0.0800. The Labute approximate surface area is 108 Å². The zero-order valence-corrected chi connectivity index (χ0v) is 12.2. The van der Waals surface area contributed by atoms with E-state index in [2.05, 4.69) is 31.0 Å². The molecule has 102 valence electrons. The van der Waals surface area contributed by atoms with E-state index in [1.54, 1.807) is 0 Å². The minimum Gasteiger partial charge on any atom is -0.316 e. The average Bonchev–Trinajstić information content (AvgIpc) is 2.68. The van der Waals surface area contributed by atoms with Crippen molar-refractivity contribution in [3.63, 3.8) is 0 Å². The van der Waals surface area contributed by atoms with Crippen molar-refractivity contribution < 1.29 is 0 Å². The van der Waals surface area contributed by atoms with Crippen LogP contribution in [0.4, 0.5) is 0 Å². The first-order chi connectivity index (χ1) is 8.18. The van der Waals surface area contributed by atoms with E-state index in [0.717, 1.165) is 11.8 Å². The number of nitrogens with zero attached hydrogens (tertiary/aromatic N) is 1. The maximum atomic E-state index is 3.51. The molecule has 1 rings (SSSR count). The first-order valence-electron chi connectivity index (χ1n) is 7.61. The summed E-state index contributed by atoms with van der Waals surface area (Å²) in [6.45, 7) is 13.3. The Kier molecular flexibility index (Phi) is 7.87. The van der Waals surface area contributed by atoms with E-state index < -0.39 is 0 Å². The van der Waals surface area contributed by atoms with E-state index in [0.29, 0.717) is 0 Å². The van der Waals surface area contributed by atoms with Crippen molar-refractivity contribution in [1.82, 2.24) is 10.2 Å². The maximum absolute atomic E-state index is 3.51. The van der Waals surface area contributed by atoms with E-state index in [9.17, 15) is 0 Å². The first kappa shape index (κ1) is 15.0. The molecule has 1 aliphatic heterocycles. The van der Waals surface area contributed by atoms with Gasteiger partial charge in [0, 0.05) is 6.54 Å². The van der Waals surface area contributed by atoms with Crippen LogP contribution in [0.25, 0.3) is 0 Å². The molecule has 1 N–H and O–H groups in total. The molecule has 0 aromatic carbocycles. The fourth-order valence-corrected chi connectivity index (χ4v) is 2.56. The van der Waals surface area contributed by atoms with Crippen LogP contribution in [0.2, 0.25) is 0 Å². The number of rotatable bonds is 9. The topological polar surface area (TPSA) is 15.3 Å². The zero-order valence-electron chi connectivity index (χ0n) is 12.2. The summed E-state index contributed by atoms with van der Waals surface area (Å²) in [5.74, 6) is 1.72. The molecule has 0 aromatic rings. The Bertz CT molecular complexity index is 180. The van der Waals surface area contributed by atoms with Crippen LogP contribution in [0.5, 0.6) is 0 Å². The normalized spacial score (nSPS) is 21.5. The van der Waals surface area contributed by atoms with E-state index in [1.807, 2.05) is 0 Å². The van der Waals surface area contributed by atoms with Gasteiger partial charge in [0.25, 0.3) is 0 Å². The molecule has 1 saturated heterocycles. The van der Waals surface area contributed by atoms with Crippen LogP contribution in [0.15, 0.2) is 0 Å². The molecule has 1 atom stereocenters. The van der Waals surface area contributed by atoms with Gasteiger partial charge >= 0.3 is 0 Å². The monoisotopic (exact) mass is 240 g/mol. The number of unbranched alkanes of at least 4 members (excludes halogenated alkanes) is 3. The lowest BCUT2D eigenvalue weighted by atomic mass is 10.1. The summed E-state index contributed by atoms with van der Waals surface area (Å²) in [5.41, 5.74) is 0. The molecule has 0 amide bonds. The van der Waals surface area contributed by atoms with Gasteiger partial charge in [0.1, 0.15) is 0 Å². The van der Waals surface area contributed by atoms with Crippen LogP contribution in [0.3, 0.4) is 0 Å². The molecule has 0 aromatic heterocycles. The van der Waals surface area contributed by atoms with Gasteiger partial charge < -0.3 is 10.2 Å². The molecule has 0 spiro atoms. The van der Waals surface area contributed by atoms with Crippen LogP contribution in [-0.2, 0) is 0 Å². The van der Waals surface area contributed by atoms with Gasteiger partial charge in [-0.05, 0) is 57.3 Å². The van der Waals surface area contributed by atoms with Gasteiger partial charge in [-0.2, -0.15) is 0 Å². The number of hydrogen-bond acceptors (Lipinski definition) is 2. The van der Waals surface area contributed by atoms with Crippen LogP contribution < -0.4 is 5.32 Å². The standard InChI is InChI=1S/C15H32N2/c1-14(2)12-16-9-6-4-5-7-10-17-11-8-15(3)13-17/h14-16H,4-13H2,1-3H3. The molecule has 0 bridgehead atoms. The van der Waals surface area contributed by atoms with Crippen LogP contribution >= 0.6 is 0 Å². The molecule has 0 saturated carbocycles. The quantitative estimate of drug-likeness (QED) is 0.623. The van der Waals surface area contributed by atoms with E-state index >= 15 is 0 Å². The summed E-state index contributed by atoms with van der Waals surface area (Å²) < 4.78 is 0. The van der Waals surface area contributed by atoms with Crippen molar-refractivity contribution in [2.24, 2.45) is 11.8 Å². The Morgan fingerprint density at radius 2 is 1.94 bits per heavy atom. The fourth-order valence-electron chi connectivity index (χ4n) is 2.56. The molecule has 0 aliphatic carbocycles. The molecular formula is C15H32N2. The molecular weight excluding hydrogens is 208 g/mol. The summed E-state index contributed by atoms with van der Waals surface area (Å²) in [6.07, 6.45) is 6.97. The van der Waals surface area contributed by atoms with Gasteiger partial charge in [-0.25, -0.2) is 0 Å². The smallest absolute Gasteiger partial charge is 0.000750 e. The second-order valence-corrected chi connectivity index (χ2v) is 6.21. The van der Waals surface area contributed by atoms with Crippen molar-refractivity contribution in [2.75, 3.05) is 32.7 Å². The third-order valence-electron chi connectivity index (χ3n) is 3.64. The predicted molar refractivity (Wildman–Crippen MR) is 76.4 cm³/mol. The molecule has 0 radical (unpaired) electrons. The molecule has 2 nitrogen and oxygen atoms in total. The van der Waals surface area contributed by atoms with Gasteiger partial charge in [0.05, 0.1) is 0 Å². The Morgan fingerprint density at radius 1 is 1.18 bits per heavy atom. The van der Waals surface area contributed by atoms with Gasteiger partial charge in [0.2, 0.25) is 0 Å². The Morgan fingerprint density at radius 3 is 2.59 bits per heavy atom. The summed E-state index contributed by atoms with van der Waals surface area (Å²) in [7, 11) is 0. The zero-order chi connectivity index (χ0) is 12.5. The summed E-state index contributed by atoms with van der Waals surface area (Å²) in [5, 5.41) is 3.51. The van der Waals surface area contributed by atoms with E-state index in [-0.39, 0.29) is 0 Å². The predicted octanol–water partition coefficient (Wildman–Crippen LogP) is 3.13. The van der Waals surface area contributed by atoms with E-state index in [1.165, 1.54) is 64.8 Å². The second-order valence-electron chi connectivity index (χ2n) is 6.21. The van der Waals surface area contributed by atoms with E-state index in [4.69, 9.17) is 0 Å². The largest absolute Gasteiger partial charge is 0.316 e. The Balaban J connectivity index is 1.78. The SMILES string of the molecule is CC(C)CNCCCCCCN1CCC(C)C1. The molecule has 1 aliphatic rings. The highest BCUT2D eigenvalue weighted by molar-refractivity contribution is 4.71. The minimum absolute atomic E-state index is 0.784. The number of hydrogen-bond donors (Lipinski definition) is 1. The number of nitrogens with one attached hydrogen (secondary N) is 1. The average molecular weight is 240 g/mol. The first-order valence-corrected chi connectivity index (χ1v) is 7.61. The van der Waals surface area contributed by atoms with Crippen molar-refractivity contribution >= 4 is 0 Å². The van der Waals surface area contributed by atoms with Gasteiger partial charge in [-0.1, -0.05) is 33.6 Å². The molecule has 1 fully saturated rings. The lowest BCUT2D eigenvalue weighted by Gasteiger charge is -2.14. The van der Waals surface area contributed by atoms with Crippen LogP contribution in [0.1, 0.15) is 52.9 Å². The van der Waals surface area contributed by atoms with Gasteiger partial charge in [-0.15, -0.1) is 0 Å². The molecule has 1 heterocycles. The minimum atomic E-state index is 0.784. The highest BCUT2D eigenvalue weighted by Gasteiger charge is 2.17. The molecule has 2 heteroatoms. The highest BCUT2D eigenvalue weighted by atomic mass is 15.1. The van der Waals surface area contributed by atoms with Crippen molar-refractivity contribution in [1.29, 1.82) is 0 Å². The lowest BCUT2D eigenvalue weighted by Crippen LogP contribution is -2.22. The molecule has 17 heavy (non-hydrogen) atoms. The fraction of sp³-hybridized carbons (Fsp3) is 1.00. The van der Waals surface area contributed by atoms with Crippen molar-refractivity contribution in [3.05, 3.63) is 0 Å². The maximum Gasteiger partial charge on any atom is 0.000750 e. The summed E-state index contributed by atoms with van der Waals surface area (Å²) in [4.78, 5) is 2.64. The molecule has 1 unspecified atom stereocenters. The third kappa shape index (κ3) is 7.77. The lowest BCUT2D eigenvalue weighted by molar-refractivity contribution is 0.317. The van der Waals surface area contributed by atoms with Crippen molar-refractivity contribution in [2.45, 2.75) is 52.9 Å². The third-order valence-corrected chi connectivity index (χ3v) is 3.64. The highest BCUT2D eigenvalue weighted by Crippen LogP contribution is 2.15. The number of likely N-dealkylation sites (tertiary alicyclic amines) is 1. The van der Waals surface area contributed by atoms with Crippen LogP contribution in [0, 0.1) is 11.8 Å². The van der Waals surface area contributed by atoms with Crippen LogP contribution in [-0.4, -0.2) is 37.6 Å². The second kappa shape index (κ2) is 8.93. The summed E-state index contributed by atoms with van der Waals surface area (Å²) >= 11 is 0.